The zero-order valence-electron chi connectivity index (χ0n) is 12.9. The smallest absolute Gasteiger partial charge is 0.271 e. The quantitative estimate of drug-likeness (QED) is 0.813. The van der Waals surface area contributed by atoms with Crippen LogP contribution in [0, 0.1) is 5.92 Å². The molecule has 1 aliphatic heterocycles. The topological polar surface area (TPSA) is 56.7 Å². The highest BCUT2D eigenvalue weighted by molar-refractivity contribution is 6.14. The summed E-state index contributed by atoms with van der Waals surface area (Å²) >= 11 is 0. The van der Waals surface area contributed by atoms with Gasteiger partial charge >= 0.3 is 0 Å². The van der Waals surface area contributed by atoms with Gasteiger partial charge in [-0.3, -0.25) is 9.69 Å². The Balaban J connectivity index is 2.14. The predicted octanol–water partition coefficient (Wildman–Crippen LogP) is 0.786. The van der Waals surface area contributed by atoms with Crippen molar-refractivity contribution in [2.45, 2.75) is 25.4 Å². The van der Waals surface area contributed by atoms with E-state index in [0.29, 0.717) is 11.6 Å². The van der Waals surface area contributed by atoms with Crippen LogP contribution in [0.25, 0.3) is 0 Å². The molecule has 1 atom stereocenters. The number of carbonyl (C=O) groups excluding carboxylic acids is 1. The van der Waals surface area contributed by atoms with E-state index in [2.05, 4.69) is 11.9 Å². The summed E-state index contributed by atoms with van der Waals surface area (Å²) in [5, 5.41) is 10.6. The van der Waals surface area contributed by atoms with Crippen molar-refractivity contribution in [2.24, 2.45) is 5.92 Å². The number of likely N-dealkylation sites (tertiary alicyclic amines) is 1. The second-order valence-electron chi connectivity index (χ2n) is 5.89. The lowest BCUT2D eigenvalue weighted by molar-refractivity contribution is -0.107. The second kappa shape index (κ2) is 6.16. The summed E-state index contributed by atoms with van der Waals surface area (Å²) in [6, 6.07) is 4.97. The van der Waals surface area contributed by atoms with Crippen molar-refractivity contribution >= 4 is 13.8 Å². The van der Waals surface area contributed by atoms with Crippen LogP contribution in [0.15, 0.2) is 18.2 Å². The van der Waals surface area contributed by atoms with E-state index in [-0.39, 0.29) is 11.6 Å². The van der Waals surface area contributed by atoms with Gasteiger partial charge in [-0.2, -0.15) is 0 Å². The summed E-state index contributed by atoms with van der Waals surface area (Å²) in [6.07, 6.45) is 2.27. The standard InChI is InChI=1S/C15H22BN3O2/c1-4-6-11-9-19(10-11)15(16,21)13-8-5-7-12(17-13)14(20)18(2)3/h5,7-8,11,21H,4,6,9-10H2,1-3H3. The summed E-state index contributed by atoms with van der Waals surface area (Å²) in [6.45, 7) is 3.66. The third kappa shape index (κ3) is 3.27. The van der Waals surface area contributed by atoms with Crippen molar-refractivity contribution in [1.29, 1.82) is 0 Å². The lowest BCUT2D eigenvalue weighted by Crippen LogP contribution is -2.58. The van der Waals surface area contributed by atoms with Crippen LogP contribution in [-0.2, 0) is 5.62 Å². The third-order valence-electron chi connectivity index (χ3n) is 3.89. The fourth-order valence-corrected chi connectivity index (χ4v) is 2.59. The third-order valence-corrected chi connectivity index (χ3v) is 3.89. The van der Waals surface area contributed by atoms with Crippen molar-refractivity contribution in [3.8, 4) is 0 Å². The van der Waals surface area contributed by atoms with E-state index in [0.717, 1.165) is 25.9 Å². The summed E-state index contributed by atoms with van der Waals surface area (Å²) in [5.41, 5.74) is -1.02. The monoisotopic (exact) mass is 287 g/mol. The highest BCUT2D eigenvalue weighted by atomic mass is 16.3. The molecule has 1 N–H and O–H groups in total. The molecule has 1 aromatic rings. The van der Waals surface area contributed by atoms with Crippen LogP contribution >= 0.6 is 0 Å². The zero-order chi connectivity index (χ0) is 15.6. The molecule has 1 fully saturated rings. The fraction of sp³-hybridized carbons (Fsp3) is 0.600. The van der Waals surface area contributed by atoms with E-state index in [1.807, 2.05) is 0 Å². The number of amides is 1. The maximum Gasteiger partial charge on any atom is 0.271 e. The Labute approximate surface area is 127 Å². The Hall–Kier alpha value is -1.40. The van der Waals surface area contributed by atoms with Gasteiger partial charge < -0.3 is 10.0 Å². The van der Waals surface area contributed by atoms with Crippen molar-refractivity contribution in [3.63, 3.8) is 0 Å². The molecule has 2 rings (SSSR count). The highest BCUT2D eigenvalue weighted by Crippen LogP contribution is 2.31. The Bertz CT molecular complexity index is 513. The lowest BCUT2D eigenvalue weighted by Gasteiger charge is -2.48. The van der Waals surface area contributed by atoms with Gasteiger partial charge in [-0.25, -0.2) is 4.98 Å². The maximum absolute atomic E-state index is 11.9. The molecule has 0 spiro atoms. The molecule has 6 heteroatoms. The molecule has 0 saturated carbocycles. The summed E-state index contributed by atoms with van der Waals surface area (Å²) < 4.78 is 0. The van der Waals surface area contributed by atoms with Gasteiger partial charge in [-0.15, -0.1) is 0 Å². The number of hydrogen-bond acceptors (Lipinski definition) is 4. The summed E-state index contributed by atoms with van der Waals surface area (Å²) in [7, 11) is 9.37. The largest absolute Gasteiger partial charge is 0.379 e. The molecule has 1 saturated heterocycles. The highest BCUT2D eigenvalue weighted by Gasteiger charge is 2.40. The molecule has 1 aliphatic rings. The molecule has 0 aromatic carbocycles. The van der Waals surface area contributed by atoms with E-state index in [9.17, 15) is 9.90 Å². The van der Waals surface area contributed by atoms with Crippen molar-refractivity contribution in [1.82, 2.24) is 14.8 Å². The second-order valence-corrected chi connectivity index (χ2v) is 5.89. The number of hydrogen-bond donors (Lipinski definition) is 1. The van der Waals surface area contributed by atoms with Gasteiger partial charge in [0.2, 0.25) is 0 Å². The van der Waals surface area contributed by atoms with Crippen LogP contribution in [0.1, 0.15) is 35.9 Å². The molecule has 1 amide bonds. The van der Waals surface area contributed by atoms with Crippen molar-refractivity contribution in [3.05, 3.63) is 29.6 Å². The summed E-state index contributed by atoms with van der Waals surface area (Å²) in [4.78, 5) is 19.4. The minimum absolute atomic E-state index is 0.208. The number of nitrogens with zero attached hydrogens (tertiary/aromatic N) is 3. The minimum atomic E-state index is -1.62. The van der Waals surface area contributed by atoms with Gasteiger partial charge in [0.05, 0.1) is 5.69 Å². The van der Waals surface area contributed by atoms with Gasteiger partial charge in [-0.05, 0) is 24.5 Å². The van der Waals surface area contributed by atoms with Crippen LogP contribution in [-0.4, -0.2) is 60.8 Å². The van der Waals surface area contributed by atoms with Crippen molar-refractivity contribution < 1.29 is 9.90 Å². The average molecular weight is 287 g/mol. The van der Waals surface area contributed by atoms with Crippen LogP contribution in [0.5, 0.6) is 0 Å². The first-order valence-electron chi connectivity index (χ1n) is 7.31. The van der Waals surface area contributed by atoms with Gasteiger partial charge in [0, 0.05) is 27.2 Å². The molecular formula is C15H22BN3O2. The van der Waals surface area contributed by atoms with E-state index in [1.54, 1.807) is 37.2 Å². The number of rotatable bonds is 5. The van der Waals surface area contributed by atoms with Gasteiger partial charge in [0.1, 0.15) is 19.2 Å². The molecule has 112 valence electrons. The first-order chi connectivity index (χ1) is 9.86. The number of pyridine rings is 1. The maximum atomic E-state index is 11.9. The first-order valence-corrected chi connectivity index (χ1v) is 7.31. The molecule has 21 heavy (non-hydrogen) atoms. The molecule has 1 aromatic heterocycles. The molecule has 2 radical (unpaired) electrons. The van der Waals surface area contributed by atoms with Crippen LogP contribution in [0.2, 0.25) is 0 Å². The SMILES string of the molecule is [B]C(O)(c1cccc(C(=O)N(C)C)n1)N1CC(CCC)C1. The molecule has 5 nitrogen and oxygen atoms in total. The predicted molar refractivity (Wildman–Crippen MR) is 81.9 cm³/mol. The molecular weight excluding hydrogens is 265 g/mol. The van der Waals surface area contributed by atoms with Gasteiger partial charge in [0.25, 0.3) is 5.91 Å². The average Bonchev–Trinajstić information content (AvgIpc) is 2.41. The fourth-order valence-electron chi connectivity index (χ4n) is 2.59. The van der Waals surface area contributed by atoms with Crippen LogP contribution in [0.3, 0.4) is 0 Å². The number of carbonyl (C=O) groups is 1. The molecule has 2 heterocycles. The first kappa shape index (κ1) is 16.0. The molecule has 0 aliphatic carbocycles. The Morgan fingerprint density at radius 3 is 2.76 bits per heavy atom. The Kier molecular flexibility index (Phi) is 4.69. The molecule has 0 bridgehead atoms. The van der Waals surface area contributed by atoms with E-state index in [4.69, 9.17) is 7.85 Å². The Morgan fingerprint density at radius 1 is 1.52 bits per heavy atom. The van der Waals surface area contributed by atoms with E-state index < -0.39 is 5.62 Å². The van der Waals surface area contributed by atoms with Crippen LogP contribution in [0.4, 0.5) is 0 Å². The zero-order valence-corrected chi connectivity index (χ0v) is 12.9. The van der Waals surface area contributed by atoms with Gasteiger partial charge in [-0.1, -0.05) is 19.4 Å². The van der Waals surface area contributed by atoms with E-state index >= 15 is 0 Å². The Morgan fingerprint density at radius 2 is 2.19 bits per heavy atom. The number of aromatic nitrogens is 1. The minimum Gasteiger partial charge on any atom is -0.379 e. The van der Waals surface area contributed by atoms with Crippen LogP contribution < -0.4 is 0 Å². The van der Waals surface area contributed by atoms with E-state index in [1.165, 1.54) is 4.90 Å². The van der Waals surface area contributed by atoms with Gasteiger partial charge in [0.15, 0.2) is 0 Å². The van der Waals surface area contributed by atoms with Crippen molar-refractivity contribution in [2.75, 3.05) is 27.2 Å². The normalized spacial score (nSPS) is 18.9. The summed E-state index contributed by atoms with van der Waals surface area (Å²) in [5.74, 6) is 0.372. The lowest BCUT2D eigenvalue weighted by atomic mass is 9.80. The molecule has 1 unspecified atom stereocenters. The number of aliphatic hydroxyl groups is 1.